The summed E-state index contributed by atoms with van der Waals surface area (Å²) in [5, 5.41) is 3.58. The van der Waals surface area contributed by atoms with Crippen molar-refractivity contribution in [3.63, 3.8) is 0 Å². The van der Waals surface area contributed by atoms with E-state index in [1.54, 1.807) is 0 Å². The van der Waals surface area contributed by atoms with E-state index in [0.29, 0.717) is 11.8 Å². The Morgan fingerprint density at radius 3 is 2.40 bits per heavy atom. The first kappa shape index (κ1) is 15.5. The van der Waals surface area contributed by atoms with Crippen LogP contribution in [-0.4, -0.2) is 33.0 Å². The molecule has 0 spiro atoms. The highest BCUT2D eigenvalue weighted by molar-refractivity contribution is 7.90. The molecule has 0 aromatic heterocycles. The SMILES string of the molecule is CCNC(CCCS(C)(=O)=O)C1(c2ccccc2)CC1. The van der Waals surface area contributed by atoms with E-state index in [9.17, 15) is 8.42 Å². The van der Waals surface area contributed by atoms with Gasteiger partial charge in [-0.3, -0.25) is 0 Å². The van der Waals surface area contributed by atoms with Gasteiger partial charge in [0, 0.05) is 23.5 Å². The van der Waals surface area contributed by atoms with Crippen LogP contribution in [0.4, 0.5) is 0 Å². The first-order valence-electron chi connectivity index (χ1n) is 7.44. The smallest absolute Gasteiger partial charge is 0.147 e. The van der Waals surface area contributed by atoms with Crippen LogP contribution in [0.25, 0.3) is 0 Å². The first-order valence-corrected chi connectivity index (χ1v) is 9.50. The maximum absolute atomic E-state index is 11.3. The monoisotopic (exact) mass is 295 g/mol. The van der Waals surface area contributed by atoms with E-state index < -0.39 is 9.84 Å². The summed E-state index contributed by atoms with van der Waals surface area (Å²) in [6.07, 6.45) is 5.39. The van der Waals surface area contributed by atoms with E-state index in [-0.39, 0.29) is 5.41 Å². The van der Waals surface area contributed by atoms with Crippen molar-refractivity contribution < 1.29 is 8.42 Å². The summed E-state index contributed by atoms with van der Waals surface area (Å²) in [5.41, 5.74) is 1.62. The molecule has 0 radical (unpaired) electrons. The number of rotatable bonds is 8. The Labute approximate surface area is 122 Å². The van der Waals surface area contributed by atoms with Gasteiger partial charge in [-0.15, -0.1) is 0 Å². The fraction of sp³-hybridized carbons (Fsp3) is 0.625. The van der Waals surface area contributed by atoms with E-state index in [2.05, 4.69) is 36.5 Å². The molecule has 0 amide bonds. The fourth-order valence-corrected chi connectivity index (χ4v) is 3.80. The normalized spacial score (nSPS) is 18.7. The van der Waals surface area contributed by atoms with Gasteiger partial charge < -0.3 is 5.32 Å². The topological polar surface area (TPSA) is 46.2 Å². The van der Waals surface area contributed by atoms with Gasteiger partial charge in [0.25, 0.3) is 0 Å². The molecular formula is C16H25NO2S. The Kier molecular flexibility index (Phi) is 4.86. The molecule has 0 aliphatic heterocycles. The average Bonchev–Trinajstić information content (AvgIpc) is 3.19. The van der Waals surface area contributed by atoms with Crippen molar-refractivity contribution in [1.82, 2.24) is 5.32 Å². The van der Waals surface area contributed by atoms with Gasteiger partial charge in [-0.25, -0.2) is 8.42 Å². The van der Waals surface area contributed by atoms with Crippen molar-refractivity contribution in [2.24, 2.45) is 0 Å². The van der Waals surface area contributed by atoms with Crippen LogP contribution in [0.15, 0.2) is 30.3 Å². The minimum Gasteiger partial charge on any atom is -0.313 e. The van der Waals surface area contributed by atoms with Crippen LogP contribution in [0, 0.1) is 0 Å². The largest absolute Gasteiger partial charge is 0.313 e. The molecule has 20 heavy (non-hydrogen) atoms. The highest BCUT2D eigenvalue weighted by Gasteiger charge is 2.49. The van der Waals surface area contributed by atoms with Crippen LogP contribution in [0.2, 0.25) is 0 Å². The molecule has 0 heterocycles. The summed E-state index contributed by atoms with van der Waals surface area (Å²) in [4.78, 5) is 0. The maximum atomic E-state index is 11.3. The van der Waals surface area contributed by atoms with E-state index >= 15 is 0 Å². The van der Waals surface area contributed by atoms with Crippen LogP contribution in [-0.2, 0) is 15.3 Å². The van der Waals surface area contributed by atoms with Crippen LogP contribution < -0.4 is 5.32 Å². The van der Waals surface area contributed by atoms with E-state index in [1.165, 1.54) is 24.7 Å². The third-order valence-electron chi connectivity index (χ3n) is 4.26. The minimum atomic E-state index is -2.85. The Hall–Kier alpha value is -0.870. The zero-order valence-electron chi connectivity index (χ0n) is 12.4. The Morgan fingerprint density at radius 2 is 1.90 bits per heavy atom. The van der Waals surface area contributed by atoms with Crippen molar-refractivity contribution in [3.8, 4) is 0 Å². The molecule has 4 heteroatoms. The average molecular weight is 295 g/mol. The van der Waals surface area contributed by atoms with Crippen molar-refractivity contribution in [2.45, 2.75) is 44.1 Å². The summed E-state index contributed by atoms with van der Waals surface area (Å²) >= 11 is 0. The lowest BCUT2D eigenvalue weighted by molar-refractivity contribution is 0.396. The lowest BCUT2D eigenvalue weighted by Gasteiger charge is -2.28. The molecule has 1 N–H and O–H groups in total. The molecular weight excluding hydrogens is 270 g/mol. The van der Waals surface area contributed by atoms with E-state index in [0.717, 1.165) is 19.4 Å². The van der Waals surface area contributed by atoms with Crippen molar-refractivity contribution in [2.75, 3.05) is 18.6 Å². The highest BCUT2D eigenvalue weighted by atomic mass is 32.2. The molecule has 1 saturated carbocycles. The quantitative estimate of drug-likeness (QED) is 0.801. The lowest BCUT2D eigenvalue weighted by atomic mass is 9.85. The molecule has 1 unspecified atom stereocenters. The predicted octanol–water partition coefficient (Wildman–Crippen LogP) is 2.52. The summed E-state index contributed by atoms with van der Waals surface area (Å²) in [6.45, 7) is 3.04. The van der Waals surface area contributed by atoms with Gasteiger partial charge in [0.2, 0.25) is 0 Å². The minimum absolute atomic E-state index is 0.231. The summed E-state index contributed by atoms with van der Waals surface area (Å²) in [6, 6.07) is 11.0. The molecule has 1 aromatic rings. The Bertz CT molecular complexity index is 521. The fourth-order valence-electron chi connectivity index (χ4n) is 3.11. The van der Waals surface area contributed by atoms with Gasteiger partial charge in [-0.05, 0) is 37.8 Å². The lowest BCUT2D eigenvalue weighted by Crippen LogP contribution is -2.40. The molecule has 1 aliphatic rings. The third-order valence-corrected chi connectivity index (χ3v) is 5.29. The van der Waals surface area contributed by atoms with Gasteiger partial charge >= 0.3 is 0 Å². The van der Waals surface area contributed by atoms with Crippen LogP contribution in [0.3, 0.4) is 0 Å². The molecule has 0 bridgehead atoms. The van der Waals surface area contributed by atoms with Gasteiger partial charge in [0.1, 0.15) is 9.84 Å². The molecule has 1 aromatic carbocycles. The zero-order valence-corrected chi connectivity index (χ0v) is 13.2. The zero-order chi connectivity index (χ0) is 14.6. The highest BCUT2D eigenvalue weighted by Crippen LogP contribution is 2.52. The third kappa shape index (κ3) is 3.83. The van der Waals surface area contributed by atoms with Gasteiger partial charge in [0.05, 0.1) is 0 Å². The Morgan fingerprint density at radius 1 is 1.25 bits per heavy atom. The van der Waals surface area contributed by atoms with E-state index in [4.69, 9.17) is 0 Å². The van der Waals surface area contributed by atoms with Gasteiger partial charge in [-0.2, -0.15) is 0 Å². The molecule has 0 saturated heterocycles. The second-order valence-corrected chi connectivity index (χ2v) is 8.16. The number of hydrogen-bond donors (Lipinski definition) is 1. The number of likely N-dealkylation sites (N-methyl/N-ethyl adjacent to an activating group) is 1. The second kappa shape index (κ2) is 6.27. The molecule has 1 fully saturated rings. The molecule has 3 nitrogen and oxygen atoms in total. The maximum Gasteiger partial charge on any atom is 0.147 e. The molecule has 112 valence electrons. The van der Waals surface area contributed by atoms with Gasteiger partial charge in [0.15, 0.2) is 0 Å². The standard InChI is InChI=1S/C16H25NO2S/c1-3-17-15(10-7-13-20(2,18)19)16(11-12-16)14-8-5-4-6-9-14/h4-6,8-9,15,17H,3,7,10-13H2,1-2H3. The number of hydrogen-bond acceptors (Lipinski definition) is 3. The van der Waals surface area contributed by atoms with Gasteiger partial charge in [-0.1, -0.05) is 37.3 Å². The molecule has 1 atom stereocenters. The first-order chi connectivity index (χ1) is 9.48. The second-order valence-electron chi connectivity index (χ2n) is 5.90. The van der Waals surface area contributed by atoms with Crippen LogP contribution in [0.1, 0.15) is 38.2 Å². The van der Waals surface area contributed by atoms with Crippen molar-refractivity contribution in [1.29, 1.82) is 0 Å². The number of nitrogens with one attached hydrogen (secondary N) is 1. The molecule has 1 aliphatic carbocycles. The van der Waals surface area contributed by atoms with E-state index in [1.807, 2.05) is 6.07 Å². The van der Waals surface area contributed by atoms with Crippen LogP contribution in [0.5, 0.6) is 0 Å². The van der Waals surface area contributed by atoms with Crippen LogP contribution >= 0.6 is 0 Å². The summed E-state index contributed by atoms with van der Waals surface area (Å²) in [5.74, 6) is 0.291. The summed E-state index contributed by atoms with van der Waals surface area (Å²) in [7, 11) is -2.85. The Balaban J connectivity index is 2.05. The van der Waals surface area contributed by atoms with Crippen molar-refractivity contribution in [3.05, 3.63) is 35.9 Å². The summed E-state index contributed by atoms with van der Waals surface area (Å²) < 4.78 is 22.6. The number of benzene rings is 1. The molecule has 2 rings (SSSR count). The predicted molar refractivity (Wildman–Crippen MR) is 83.8 cm³/mol. The number of sulfone groups is 1. The van der Waals surface area contributed by atoms with Crippen molar-refractivity contribution >= 4 is 9.84 Å².